The minimum Gasteiger partial charge on any atom is -0.480 e. The predicted molar refractivity (Wildman–Crippen MR) is 91.4 cm³/mol. The van der Waals surface area contributed by atoms with E-state index < -0.39 is 17.9 Å². The maximum atomic E-state index is 12.4. The Morgan fingerprint density at radius 2 is 1.75 bits per heavy atom. The number of carbonyl (C=O) groups excluding carboxylic acids is 1. The molecule has 0 bridgehead atoms. The summed E-state index contributed by atoms with van der Waals surface area (Å²) in [6.45, 7) is 7.54. The Labute approximate surface area is 141 Å². The molecule has 2 aromatic rings. The van der Waals surface area contributed by atoms with Gasteiger partial charge in [0.2, 0.25) is 0 Å². The van der Waals surface area contributed by atoms with Gasteiger partial charge < -0.3 is 10.4 Å². The van der Waals surface area contributed by atoms with Crippen LogP contribution in [0.15, 0.2) is 36.4 Å². The van der Waals surface area contributed by atoms with Crippen molar-refractivity contribution < 1.29 is 14.7 Å². The number of para-hydroxylation sites is 1. The molecule has 0 spiro atoms. The Hall–Kier alpha value is -2.63. The lowest BCUT2D eigenvalue weighted by molar-refractivity contribution is -0.140. The molecule has 1 aromatic carbocycles. The minimum atomic E-state index is -1.05. The van der Waals surface area contributed by atoms with Gasteiger partial charge in [0, 0.05) is 5.69 Å². The van der Waals surface area contributed by atoms with Gasteiger partial charge in [0.25, 0.3) is 5.91 Å². The number of rotatable bonds is 6. The zero-order chi connectivity index (χ0) is 17.9. The fourth-order valence-corrected chi connectivity index (χ4v) is 2.42. The summed E-state index contributed by atoms with van der Waals surface area (Å²) in [6.07, 6.45) is 0. The first-order valence-electron chi connectivity index (χ1n) is 8.00. The van der Waals surface area contributed by atoms with Crippen molar-refractivity contribution in [1.29, 1.82) is 0 Å². The molecule has 0 fully saturated rings. The van der Waals surface area contributed by atoms with Gasteiger partial charge in [0.1, 0.15) is 6.04 Å². The van der Waals surface area contributed by atoms with E-state index in [0.29, 0.717) is 0 Å². The highest BCUT2D eigenvalue weighted by molar-refractivity contribution is 5.95. The molecule has 1 aromatic heterocycles. The Morgan fingerprint density at radius 1 is 1.12 bits per heavy atom. The Bertz CT molecular complexity index is 720. The molecule has 1 amide bonds. The predicted octanol–water partition coefficient (Wildman–Crippen LogP) is 2.83. The monoisotopic (exact) mass is 329 g/mol. The fraction of sp³-hybridized carbons (Fsp3) is 0.389. The summed E-state index contributed by atoms with van der Waals surface area (Å²) in [5.74, 6) is -1.58. The number of hydrogen-bond acceptors (Lipinski definition) is 3. The van der Waals surface area contributed by atoms with E-state index in [1.807, 2.05) is 44.2 Å². The molecule has 0 aliphatic rings. The van der Waals surface area contributed by atoms with Gasteiger partial charge in [-0.2, -0.15) is 5.10 Å². The van der Waals surface area contributed by atoms with Crippen molar-refractivity contribution in [2.75, 3.05) is 0 Å². The first-order chi connectivity index (χ1) is 11.3. The van der Waals surface area contributed by atoms with Gasteiger partial charge >= 0.3 is 5.97 Å². The van der Waals surface area contributed by atoms with Crippen LogP contribution in [0.2, 0.25) is 0 Å². The van der Waals surface area contributed by atoms with Gasteiger partial charge in [0.05, 0.1) is 5.69 Å². The lowest BCUT2D eigenvalue weighted by Gasteiger charge is -2.16. The standard InChI is InChI=1S/C18H23N3O3/c1-11(2)15-10-14(17(22)19-16(12(3)4)18(23)24)20-21(15)13-8-6-5-7-9-13/h5-12,16H,1-4H3,(H,19,22)(H,23,24)/t16-/m1/s1. The molecule has 6 nitrogen and oxygen atoms in total. The van der Waals surface area contributed by atoms with Gasteiger partial charge in [-0.25, -0.2) is 9.48 Å². The summed E-state index contributed by atoms with van der Waals surface area (Å²) in [5.41, 5.74) is 1.97. The summed E-state index contributed by atoms with van der Waals surface area (Å²) in [5, 5.41) is 16.2. The highest BCUT2D eigenvalue weighted by Crippen LogP contribution is 2.20. The van der Waals surface area contributed by atoms with Crippen LogP contribution in [0.3, 0.4) is 0 Å². The number of carboxylic acids is 1. The normalized spacial score (nSPS) is 12.4. The number of nitrogens with zero attached hydrogens (tertiary/aromatic N) is 2. The van der Waals surface area contributed by atoms with E-state index in [9.17, 15) is 14.7 Å². The lowest BCUT2D eigenvalue weighted by Crippen LogP contribution is -2.44. The molecule has 0 unspecified atom stereocenters. The van der Waals surface area contributed by atoms with Gasteiger partial charge in [-0.1, -0.05) is 45.9 Å². The lowest BCUT2D eigenvalue weighted by atomic mass is 10.0. The van der Waals surface area contributed by atoms with Crippen LogP contribution in [0.25, 0.3) is 5.69 Å². The van der Waals surface area contributed by atoms with E-state index >= 15 is 0 Å². The summed E-state index contributed by atoms with van der Waals surface area (Å²) in [4.78, 5) is 23.7. The minimum absolute atomic E-state index is 0.166. The van der Waals surface area contributed by atoms with Crippen LogP contribution in [0.1, 0.15) is 49.8 Å². The third-order valence-corrected chi connectivity index (χ3v) is 3.78. The fourth-order valence-electron chi connectivity index (χ4n) is 2.42. The van der Waals surface area contributed by atoms with Crippen LogP contribution in [0.5, 0.6) is 0 Å². The van der Waals surface area contributed by atoms with Gasteiger partial charge in [-0.15, -0.1) is 0 Å². The summed E-state index contributed by atoms with van der Waals surface area (Å²) in [6, 6.07) is 10.3. The first-order valence-corrected chi connectivity index (χ1v) is 8.00. The second-order valence-corrected chi connectivity index (χ2v) is 6.39. The van der Waals surface area contributed by atoms with Crippen molar-refractivity contribution in [2.45, 2.75) is 39.7 Å². The molecule has 0 radical (unpaired) electrons. The molecule has 0 saturated carbocycles. The number of benzene rings is 1. The van der Waals surface area contributed by atoms with Crippen LogP contribution in [0, 0.1) is 5.92 Å². The molecule has 128 valence electrons. The molecule has 2 rings (SSSR count). The average Bonchev–Trinajstić information content (AvgIpc) is 2.98. The van der Waals surface area contributed by atoms with E-state index in [1.54, 1.807) is 24.6 Å². The number of aromatic nitrogens is 2. The Kier molecular flexibility index (Phi) is 5.39. The highest BCUT2D eigenvalue weighted by atomic mass is 16.4. The van der Waals surface area contributed by atoms with E-state index in [2.05, 4.69) is 10.4 Å². The smallest absolute Gasteiger partial charge is 0.326 e. The molecule has 1 heterocycles. The maximum Gasteiger partial charge on any atom is 0.326 e. The molecule has 24 heavy (non-hydrogen) atoms. The van der Waals surface area contributed by atoms with Crippen LogP contribution in [0.4, 0.5) is 0 Å². The third-order valence-electron chi connectivity index (χ3n) is 3.78. The number of carboxylic acid groups (broad SMARTS) is 1. The summed E-state index contributed by atoms with van der Waals surface area (Å²) in [7, 11) is 0. The Balaban J connectivity index is 2.35. The topological polar surface area (TPSA) is 84.2 Å². The molecule has 0 saturated heterocycles. The SMILES string of the molecule is CC(C)c1cc(C(=O)N[C@@H](C(=O)O)C(C)C)nn1-c1ccccc1. The quantitative estimate of drug-likeness (QED) is 0.853. The molecular weight excluding hydrogens is 306 g/mol. The number of nitrogens with one attached hydrogen (secondary N) is 1. The van der Waals surface area contributed by atoms with E-state index in [0.717, 1.165) is 11.4 Å². The third kappa shape index (κ3) is 3.82. The maximum absolute atomic E-state index is 12.4. The van der Waals surface area contributed by atoms with E-state index in [-0.39, 0.29) is 17.5 Å². The van der Waals surface area contributed by atoms with Crippen molar-refractivity contribution in [2.24, 2.45) is 5.92 Å². The number of hydrogen-bond donors (Lipinski definition) is 2. The molecule has 6 heteroatoms. The van der Waals surface area contributed by atoms with Crippen LogP contribution >= 0.6 is 0 Å². The van der Waals surface area contributed by atoms with Crippen LogP contribution in [-0.4, -0.2) is 32.8 Å². The average molecular weight is 329 g/mol. The number of amides is 1. The highest BCUT2D eigenvalue weighted by Gasteiger charge is 2.26. The van der Waals surface area contributed by atoms with Crippen molar-refractivity contribution in [1.82, 2.24) is 15.1 Å². The molecular formula is C18H23N3O3. The summed E-state index contributed by atoms with van der Waals surface area (Å²) >= 11 is 0. The molecule has 1 atom stereocenters. The Morgan fingerprint density at radius 3 is 2.25 bits per heavy atom. The van der Waals surface area contributed by atoms with E-state index in [4.69, 9.17) is 0 Å². The zero-order valence-corrected chi connectivity index (χ0v) is 14.4. The van der Waals surface area contributed by atoms with Gasteiger partial charge in [-0.05, 0) is 30.0 Å². The largest absolute Gasteiger partial charge is 0.480 e. The van der Waals surface area contributed by atoms with Crippen molar-refractivity contribution in [3.63, 3.8) is 0 Å². The van der Waals surface area contributed by atoms with E-state index in [1.165, 1.54) is 0 Å². The second-order valence-electron chi connectivity index (χ2n) is 6.39. The number of aliphatic carboxylic acids is 1. The summed E-state index contributed by atoms with van der Waals surface area (Å²) < 4.78 is 1.73. The van der Waals surface area contributed by atoms with Crippen LogP contribution in [-0.2, 0) is 4.79 Å². The first kappa shape index (κ1) is 17.7. The van der Waals surface area contributed by atoms with Gasteiger partial charge in [-0.3, -0.25) is 4.79 Å². The van der Waals surface area contributed by atoms with Crippen molar-refractivity contribution in [3.8, 4) is 5.69 Å². The second kappa shape index (κ2) is 7.29. The van der Waals surface area contributed by atoms with Crippen molar-refractivity contribution >= 4 is 11.9 Å². The zero-order valence-electron chi connectivity index (χ0n) is 14.4. The molecule has 0 aliphatic heterocycles. The van der Waals surface area contributed by atoms with Gasteiger partial charge in [0.15, 0.2) is 5.69 Å². The molecule has 0 aliphatic carbocycles. The van der Waals surface area contributed by atoms with Crippen molar-refractivity contribution in [3.05, 3.63) is 47.8 Å². The van der Waals surface area contributed by atoms with Crippen LogP contribution < -0.4 is 5.32 Å². The number of carbonyl (C=O) groups is 2. The molecule has 2 N–H and O–H groups in total.